The Kier molecular flexibility index (Phi) is 5.45. The van der Waals surface area contributed by atoms with Gasteiger partial charge in [-0.3, -0.25) is 0 Å². The topological polar surface area (TPSA) is 81.1 Å². The second-order valence-corrected chi connectivity index (χ2v) is 6.23. The second kappa shape index (κ2) is 7.11. The van der Waals surface area contributed by atoms with E-state index in [1.54, 1.807) is 4.90 Å². The van der Waals surface area contributed by atoms with Gasteiger partial charge in [0.25, 0.3) is 0 Å². The molecule has 21 heavy (non-hydrogen) atoms. The maximum absolute atomic E-state index is 12.8. The van der Waals surface area contributed by atoms with Crippen LogP contribution in [-0.4, -0.2) is 63.8 Å². The summed E-state index contributed by atoms with van der Waals surface area (Å²) in [6, 6.07) is -0.661. The Morgan fingerprint density at radius 2 is 1.95 bits per heavy atom. The van der Waals surface area contributed by atoms with Gasteiger partial charge in [-0.1, -0.05) is 6.92 Å². The Hall–Kier alpha value is -1.30. The van der Waals surface area contributed by atoms with Gasteiger partial charge in [0, 0.05) is 25.7 Å². The highest BCUT2D eigenvalue weighted by atomic mass is 16.4. The van der Waals surface area contributed by atoms with Gasteiger partial charge >= 0.3 is 12.0 Å². The molecule has 6 heteroatoms. The van der Waals surface area contributed by atoms with Gasteiger partial charge < -0.3 is 20.0 Å². The lowest BCUT2D eigenvalue weighted by Crippen LogP contribution is -2.58. The van der Waals surface area contributed by atoms with Crippen LogP contribution in [0.3, 0.4) is 0 Å². The van der Waals surface area contributed by atoms with Gasteiger partial charge in [-0.05, 0) is 44.4 Å². The number of urea groups is 1. The van der Waals surface area contributed by atoms with Gasteiger partial charge in [0.15, 0.2) is 0 Å². The fraction of sp³-hybridized carbons (Fsp3) is 0.867. The highest BCUT2D eigenvalue weighted by molar-refractivity contribution is 5.83. The fourth-order valence-corrected chi connectivity index (χ4v) is 3.32. The molecule has 1 aliphatic carbocycles. The van der Waals surface area contributed by atoms with Crippen molar-refractivity contribution in [1.29, 1.82) is 0 Å². The zero-order chi connectivity index (χ0) is 15.4. The number of aliphatic hydroxyl groups excluding tert-OH is 1. The van der Waals surface area contributed by atoms with Gasteiger partial charge in [-0.2, -0.15) is 0 Å². The summed E-state index contributed by atoms with van der Waals surface area (Å²) in [7, 11) is 0. The normalized spacial score (nSPS) is 26.3. The largest absolute Gasteiger partial charge is 0.480 e. The smallest absolute Gasteiger partial charge is 0.326 e. The number of likely N-dealkylation sites (tertiary alicyclic amines) is 1. The SMILES string of the molecule is CC1CCCN(C(=O)N(CCCO)C2CCC2)C1C(=O)O. The summed E-state index contributed by atoms with van der Waals surface area (Å²) in [5.41, 5.74) is 0. The van der Waals surface area contributed by atoms with Crippen LogP contribution in [0.5, 0.6) is 0 Å². The van der Waals surface area contributed by atoms with E-state index in [0.29, 0.717) is 19.5 Å². The predicted molar refractivity (Wildman–Crippen MR) is 78.0 cm³/mol. The highest BCUT2D eigenvalue weighted by Gasteiger charge is 2.40. The molecule has 1 aliphatic heterocycles. The number of piperidine rings is 1. The number of carboxylic acid groups (broad SMARTS) is 1. The third-order valence-electron chi connectivity index (χ3n) is 4.75. The fourth-order valence-electron chi connectivity index (χ4n) is 3.32. The van der Waals surface area contributed by atoms with Crippen molar-refractivity contribution in [3.63, 3.8) is 0 Å². The van der Waals surface area contributed by atoms with Crippen molar-refractivity contribution in [2.24, 2.45) is 5.92 Å². The van der Waals surface area contributed by atoms with Gasteiger partial charge in [-0.25, -0.2) is 9.59 Å². The van der Waals surface area contributed by atoms with E-state index in [9.17, 15) is 14.7 Å². The van der Waals surface area contributed by atoms with Crippen molar-refractivity contribution in [1.82, 2.24) is 9.80 Å². The quantitative estimate of drug-likeness (QED) is 0.806. The Balaban J connectivity index is 2.11. The van der Waals surface area contributed by atoms with E-state index in [1.807, 2.05) is 6.92 Å². The Bertz CT molecular complexity index is 384. The van der Waals surface area contributed by atoms with Crippen LogP contribution in [0.2, 0.25) is 0 Å². The number of aliphatic carboxylic acids is 1. The number of aliphatic hydroxyl groups is 1. The Morgan fingerprint density at radius 1 is 1.24 bits per heavy atom. The molecule has 2 fully saturated rings. The van der Waals surface area contributed by atoms with Crippen LogP contribution < -0.4 is 0 Å². The molecule has 2 amide bonds. The number of rotatable bonds is 5. The van der Waals surface area contributed by atoms with Crippen LogP contribution in [0, 0.1) is 5.92 Å². The third kappa shape index (κ3) is 3.48. The van der Waals surface area contributed by atoms with Crippen molar-refractivity contribution >= 4 is 12.0 Å². The van der Waals surface area contributed by atoms with Crippen molar-refractivity contribution < 1.29 is 19.8 Å². The van der Waals surface area contributed by atoms with Gasteiger partial charge in [0.05, 0.1) is 0 Å². The molecular weight excluding hydrogens is 272 g/mol. The minimum Gasteiger partial charge on any atom is -0.480 e. The molecule has 0 aromatic carbocycles. The number of amides is 2. The van der Waals surface area contributed by atoms with Gasteiger partial charge in [-0.15, -0.1) is 0 Å². The molecule has 0 spiro atoms. The number of hydrogen-bond acceptors (Lipinski definition) is 3. The molecule has 2 unspecified atom stereocenters. The Morgan fingerprint density at radius 3 is 2.48 bits per heavy atom. The molecule has 6 nitrogen and oxygen atoms in total. The van der Waals surface area contributed by atoms with E-state index in [2.05, 4.69) is 0 Å². The molecule has 0 aromatic heterocycles. The van der Waals surface area contributed by atoms with Crippen molar-refractivity contribution in [2.75, 3.05) is 19.7 Å². The lowest BCUT2D eigenvalue weighted by Gasteiger charge is -2.44. The number of hydrogen-bond donors (Lipinski definition) is 2. The van der Waals surface area contributed by atoms with Gasteiger partial charge in [0.2, 0.25) is 0 Å². The summed E-state index contributed by atoms with van der Waals surface area (Å²) in [5.74, 6) is -0.924. The molecule has 2 rings (SSSR count). The molecule has 1 saturated heterocycles. The maximum Gasteiger partial charge on any atom is 0.326 e. The van der Waals surface area contributed by atoms with Crippen LogP contribution in [0.25, 0.3) is 0 Å². The van der Waals surface area contributed by atoms with E-state index in [-0.39, 0.29) is 24.6 Å². The number of nitrogens with zero attached hydrogens (tertiary/aromatic N) is 2. The summed E-state index contributed by atoms with van der Waals surface area (Å²) < 4.78 is 0. The predicted octanol–water partition coefficient (Wildman–Crippen LogP) is 1.53. The molecule has 1 saturated carbocycles. The molecular formula is C15H26N2O4. The summed E-state index contributed by atoms with van der Waals surface area (Å²) in [6.45, 7) is 2.98. The summed E-state index contributed by atoms with van der Waals surface area (Å²) in [5, 5.41) is 18.5. The second-order valence-electron chi connectivity index (χ2n) is 6.23. The van der Waals surface area contributed by atoms with E-state index < -0.39 is 12.0 Å². The van der Waals surface area contributed by atoms with Crippen molar-refractivity contribution in [3.8, 4) is 0 Å². The first kappa shape index (κ1) is 16.1. The molecule has 0 bridgehead atoms. The lowest BCUT2D eigenvalue weighted by molar-refractivity contribution is -0.145. The molecule has 2 atom stereocenters. The lowest BCUT2D eigenvalue weighted by atomic mass is 9.89. The first-order valence-electron chi connectivity index (χ1n) is 7.97. The van der Waals surface area contributed by atoms with Crippen LogP contribution in [-0.2, 0) is 4.79 Å². The number of carbonyl (C=O) groups excluding carboxylic acids is 1. The van der Waals surface area contributed by atoms with Crippen LogP contribution in [0.1, 0.15) is 45.4 Å². The Labute approximate surface area is 125 Å². The van der Waals surface area contributed by atoms with Crippen LogP contribution in [0.15, 0.2) is 0 Å². The monoisotopic (exact) mass is 298 g/mol. The van der Waals surface area contributed by atoms with E-state index in [1.165, 1.54) is 4.90 Å². The van der Waals surface area contributed by atoms with E-state index in [4.69, 9.17) is 5.11 Å². The minimum absolute atomic E-state index is 0.0127. The number of carboxylic acids is 1. The third-order valence-corrected chi connectivity index (χ3v) is 4.75. The van der Waals surface area contributed by atoms with Crippen molar-refractivity contribution in [3.05, 3.63) is 0 Å². The molecule has 0 radical (unpaired) electrons. The zero-order valence-corrected chi connectivity index (χ0v) is 12.7. The van der Waals surface area contributed by atoms with E-state index >= 15 is 0 Å². The highest BCUT2D eigenvalue weighted by Crippen LogP contribution is 2.29. The van der Waals surface area contributed by atoms with Crippen LogP contribution in [0.4, 0.5) is 4.79 Å². The molecule has 120 valence electrons. The zero-order valence-electron chi connectivity index (χ0n) is 12.7. The summed E-state index contributed by atoms with van der Waals surface area (Å²) in [4.78, 5) is 27.6. The molecule has 1 heterocycles. The van der Waals surface area contributed by atoms with E-state index in [0.717, 1.165) is 32.1 Å². The average molecular weight is 298 g/mol. The molecule has 0 aromatic rings. The van der Waals surface area contributed by atoms with Crippen molar-refractivity contribution in [2.45, 2.75) is 57.5 Å². The summed E-state index contributed by atoms with van der Waals surface area (Å²) in [6.07, 6.45) is 5.34. The van der Waals surface area contributed by atoms with Gasteiger partial charge in [0.1, 0.15) is 6.04 Å². The first-order chi connectivity index (χ1) is 10.1. The standard InChI is InChI=1S/C15H26N2O4/c1-11-5-3-8-17(13(11)14(19)20)15(21)16(9-4-10-18)12-6-2-7-12/h11-13,18H,2-10H2,1H3,(H,19,20). The summed E-state index contributed by atoms with van der Waals surface area (Å²) >= 11 is 0. The minimum atomic E-state index is -0.911. The maximum atomic E-state index is 12.8. The average Bonchev–Trinajstić information content (AvgIpc) is 2.39. The van der Waals surface area contributed by atoms with Crippen LogP contribution >= 0.6 is 0 Å². The first-order valence-corrected chi connectivity index (χ1v) is 7.97. The molecule has 2 aliphatic rings. The molecule has 2 N–H and O–H groups in total. The number of carbonyl (C=O) groups is 2.